The highest BCUT2D eigenvalue weighted by atomic mass is 16.3. The number of furan rings is 1. The summed E-state index contributed by atoms with van der Waals surface area (Å²) in [4.78, 5) is 4.70. The Kier molecular flexibility index (Phi) is 3.69. The van der Waals surface area contributed by atoms with Gasteiger partial charge < -0.3 is 14.3 Å². The maximum absolute atomic E-state index is 5.30. The molecule has 0 aliphatic heterocycles. The van der Waals surface area contributed by atoms with Crippen molar-refractivity contribution in [2.75, 3.05) is 6.54 Å². The molecule has 2 aromatic rings. The van der Waals surface area contributed by atoms with Crippen LogP contribution < -0.4 is 5.32 Å². The average Bonchev–Trinajstić information content (AvgIpc) is 3.02. The number of rotatable bonds is 5. The van der Waals surface area contributed by atoms with Crippen molar-refractivity contribution in [2.24, 2.45) is 0 Å². The van der Waals surface area contributed by atoms with Crippen LogP contribution in [0.4, 0.5) is 0 Å². The molecule has 0 bridgehead atoms. The molecular formula is C15H21N3O. The number of hydrogen-bond acceptors (Lipinski definition) is 3. The predicted octanol–water partition coefficient (Wildman–Crippen LogP) is 2.45. The summed E-state index contributed by atoms with van der Waals surface area (Å²) in [5.74, 6) is 2.15. The second-order valence-corrected chi connectivity index (χ2v) is 5.17. The smallest absolute Gasteiger partial charge is 0.117 e. The molecule has 102 valence electrons. The van der Waals surface area contributed by atoms with Crippen LogP contribution in [-0.2, 0) is 25.9 Å². The molecule has 2 heterocycles. The molecule has 1 N–H and O–H groups in total. The molecule has 3 rings (SSSR count). The van der Waals surface area contributed by atoms with Gasteiger partial charge in [0.05, 0.1) is 18.5 Å². The van der Waals surface area contributed by atoms with Crippen LogP contribution in [0.15, 0.2) is 22.8 Å². The number of aryl methyl sites for hydroxylation is 2. The molecule has 0 saturated carbocycles. The van der Waals surface area contributed by atoms with Gasteiger partial charge in [0.25, 0.3) is 0 Å². The van der Waals surface area contributed by atoms with Gasteiger partial charge >= 0.3 is 0 Å². The van der Waals surface area contributed by atoms with E-state index in [9.17, 15) is 0 Å². The topological polar surface area (TPSA) is 43.0 Å². The lowest BCUT2D eigenvalue weighted by atomic mass is 10.0. The highest BCUT2D eigenvalue weighted by Gasteiger charge is 2.17. The fraction of sp³-hybridized carbons (Fsp3) is 0.533. The lowest BCUT2D eigenvalue weighted by Gasteiger charge is -2.15. The summed E-state index contributed by atoms with van der Waals surface area (Å²) in [6, 6.07) is 3.92. The number of fused-ring (bicyclic) bond motifs is 1. The van der Waals surface area contributed by atoms with E-state index in [0.717, 1.165) is 37.6 Å². The molecule has 0 aromatic carbocycles. The lowest BCUT2D eigenvalue weighted by molar-refractivity contribution is 0.472. The van der Waals surface area contributed by atoms with E-state index in [2.05, 4.69) is 16.8 Å². The summed E-state index contributed by atoms with van der Waals surface area (Å²) in [7, 11) is 0. The van der Waals surface area contributed by atoms with Crippen LogP contribution >= 0.6 is 0 Å². The quantitative estimate of drug-likeness (QED) is 0.839. The Bertz CT molecular complexity index is 528. The van der Waals surface area contributed by atoms with Crippen molar-refractivity contribution in [3.05, 3.63) is 41.4 Å². The van der Waals surface area contributed by atoms with Crippen molar-refractivity contribution in [1.82, 2.24) is 14.9 Å². The van der Waals surface area contributed by atoms with E-state index in [4.69, 9.17) is 9.40 Å². The minimum Gasteiger partial charge on any atom is -0.468 e. The number of nitrogens with one attached hydrogen (secondary N) is 1. The first kappa shape index (κ1) is 12.5. The fourth-order valence-corrected chi connectivity index (χ4v) is 2.85. The third-order valence-corrected chi connectivity index (χ3v) is 3.82. The number of aromatic nitrogens is 2. The van der Waals surface area contributed by atoms with Crippen molar-refractivity contribution in [3.8, 4) is 0 Å². The van der Waals surface area contributed by atoms with E-state index in [1.54, 1.807) is 6.26 Å². The summed E-state index contributed by atoms with van der Waals surface area (Å²) in [5.41, 5.74) is 2.79. The molecule has 4 nitrogen and oxygen atoms in total. The minimum absolute atomic E-state index is 0.795. The Balaban J connectivity index is 1.56. The number of imidazole rings is 1. The summed E-state index contributed by atoms with van der Waals surface area (Å²) in [6.07, 6.45) is 6.66. The van der Waals surface area contributed by atoms with Crippen LogP contribution in [0.5, 0.6) is 0 Å². The Hall–Kier alpha value is -1.55. The Morgan fingerprint density at radius 2 is 2.26 bits per heavy atom. The average molecular weight is 259 g/mol. The van der Waals surface area contributed by atoms with Gasteiger partial charge in [0.2, 0.25) is 0 Å². The van der Waals surface area contributed by atoms with Gasteiger partial charge in [-0.05, 0) is 44.7 Å². The van der Waals surface area contributed by atoms with E-state index < -0.39 is 0 Å². The number of nitrogens with zero attached hydrogens (tertiary/aromatic N) is 2. The van der Waals surface area contributed by atoms with Crippen molar-refractivity contribution in [2.45, 2.75) is 45.7 Å². The van der Waals surface area contributed by atoms with Crippen molar-refractivity contribution in [1.29, 1.82) is 0 Å². The van der Waals surface area contributed by atoms with Gasteiger partial charge in [0.15, 0.2) is 0 Å². The third kappa shape index (κ3) is 2.73. The predicted molar refractivity (Wildman–Crippen MR) is 74.0 cm³/mol. The molecule has 4 heteroatoms. The Labute approximate surface area is 113 Å². The molecule has 0 amide bonds. The van der Waals surface area contributed by atoms with Gasteiger partial charge in [-0.3, -0.25) is 0 Å². The molecule has 0 atom stereocenters. The standard InChI is InChI=1S/C15H21N3O/c1-12-17-14-6-2-3-7-15(14)18(12)9-8-16-11-13-5-4-10-19-13/h4-5,10,16H,2-3,6-9,11H2,1H3. The van der Waals surface area contributed by atoms with Gasteiger partial charge in [-0.1, -0.05) is 0 Å². The minimum atomic E-state index is 0.795. The summed E-state index contributed by atoms with van der Waals surface area (Å²) in [5, 5.41) is 3.42. The lowest BCUT2D eigenvalue weighted by Crippen LogP contribution is -2.21. The molecule has 1 aliphatic rings. The van der Waals surface area contributed by atoms with E-state index in [1.807, 2.05) is 12.1 Å². The van der Waals surface area contributed by atoms with E-state index in [0.29, 0.717) is 0 Å². The maximum atomic E-state index is 5.30. The van der Waals surface area contributed by atoms with Gasteiger partial charge in [-0.25, -0.2) is 4.98 Å². The molecule has 0 saturated heterocycles. The molecular weight excluding hydrogens is 238 g/mol. The van der Waals surface area contributed by atoms with E-state index >= 15 is 0 Å². The van der Waals surface area contributed by atoms with Crippen LogP contribution in [-0.4, -0.2) is 16.1 Å². The molecule has 19 heavy (non-hydrogen) atoms. The summed E-state index contributed by atoms with van der Waals surface area (Å²) in [6.45, 7) is 4.85. The Morgan fingerprint density at radius 1 is 1.37 bits per heavy atom. The highest BCUT2D eigenvalue weighted by Crippen LogP contribution is 2.21. The monoisotopic (exact) mass is 259 g/mol. The zero-order valence-electron chi connectivity index (χ0n) is 11.5. The first-order valence-corrected chi connectivity index (χ1v) is 7.12. The summed E-state index contributed by atoms with van der Waals surface area (Å²) >= 11 is 0. The SMILES string of the molecule is Cc1nc2c(n1CCNCc1ccco1)CCCC2. The van der Waals surface area contributed by atoms with Crippen LogP contribution in [0.1, 0.15) is 35.8 Å². The zero-order chi connectivity index (χ0) is 13.1. The normalized spacial score (nSPS) is 14.6. The molecule has 1 aliphatic carbocycles. The van der Waals surface area contributed by atoms with Gasteiger partial charge in [0, 0.05) is 18.8 Å². The van der Waals surface area contributed by atoms with E-state index in [1.165, 1.54) is 30.7 Å². The van der Waals surface area contributed by atoms with Crippen molar-refractivity contribution < 1.29 is 4.42 Å². The number of hydrogen-bond donors (Lipinski definition) is 1. The van der Waals surface area contributed by atoms with Crippen LogP contribution in [0, 0.1) is 6.92 Å². The fourth-order valence-electron chi connectivity index (χ4n) is 2.85. The first-order valence-electron chi connectivity index (χ1n) is 7.12. The zero-order valence-corrected chi connectivity index (χ0v) is 11.5. The van der Waals surface area contributed by atoms with Crippen LogP contribution in [0.3, 0.4) is 0 Å². The van der Waals surface area contributed by atoms with Crippen LogP contribution in [0.2, 0.25) is 0 Å². The largest absolute Gasteiger partial charge is 0.468 e. The molecule has 0 unspecified atom stereocenters. The second kappa shape index (κ2) is 5.61. The first-order chi connectivity index (χ1) is 9.34. The van der Waals surface area contributed by atoms with Crippen LogP contribution in [0.25, 0.3) is 0 Å². The Morgan fingerprint density at radius 3 is 3.11 bits per heavy atom. The van der Waals surface area contributed by atoms with E-state index in [-0.39, 0.29) is 0 Å². The maximum Gasteiger partial charge on any atom is 0.117 e. The molecule has 0 fully saturated rings. The van der Waals surface area contributed by atoms with Crippen molar-refractivity contribution in [3.63, 3.8) is 0 Å². The van der Waals surface area contributed by atoms with Crippen molar-refractivity contribution >= 4 is 0 Å². The molecule has 0 spiro atoms. The van der Waals surface area contributed by atoms with Gasteiger partial charge in [0.1, 0.15) is 11.6 Å². The van der Waals surface area contributed by atoms with Gasteiger partial charge in [-0.15, -0.1) is 0 Å². The van der Waals surface area contributed by atoms with Gasteiger partial charge in [-0.2, -0.15) is 0 Å². The third-order valence-electron chi connectivity index (χ3n) is 3.82. The molecule has 2 aromatic heterocycles. The summed E-state index contributed by atoms with van der Waals surface area (Å²) < 4.78 is 7.68. The molecule has 0 radical (unpaired) electrons. The highest BCUT2D eigenvalue weighted by molar-refractivity contribution is 5.19. The second-order valence-electron chi connectivity index (χ2n) is 5.17.